The van der Waals surface area contributed by atoms with Crippen LogP contribution in [0.5, 0.6) is 5.75 Å². The Morgan fingerprint density at radius 3 is 2.54 bits per heavy atom. The summed E-state index contributed by atoms with van der Waals surface area (Å²) in [6.07, 6.45) is 1.64. The highest BCUT2D eigenvalue weighted by atomic mass is 32.2. The van der Waals surface area contributed by atoms with Crippen LogP contribution in [0.3, 0.4) is 0 Å². The van der Waals surface area contributed by atoms with Gasteiger partial charge in [-0.3, -0.25) is 14.5 Å². The number of aromatic hydroxyl groups is 1. The number of carbonyl (C=O) groups is 3. The molecular weight excluding hydrogens is 354 g/mol. The lowest BCUT2D eigenvalue weighted by atomic mass is 10.0. The van der Waals surface area contributed by atoms with E-state index in [0.717, 1.165) is 17.3 Å². The molecule has 1 saturated heterocycles. The zero-order valence-electron chi connectivity index (χ0n) is 13.8. The fourth-order valence-corrected chi connectivity index (χ4v) is 3.52. The zero-order valence-corrected chi connectivity index (χ0v) is 14.6. The Morgan fingerprint density at radius 2 is 1.88 bits per heavy atom. The first-order chi connectivity index (χ1) is 12.4. The molecule has 26 heavy (non-hydrogen) atoms. The number of phenols is 1. The normalized spacial score (nSPS) is 15.7. The van der Waals surface area contributed by atoms with Gasteiger partial charge in [0.15, 0.2) is 0 Å². The first kappa shape index (κ1) is 17.8. The predicted octanol–water partition coefficient (Wildman–Crippen LogP) is 3.81. The van der Waals surface area contributed by atoms with E-state index in [-0.39, 0.29) is 22.5 Å². The summed E-state index contributed by atoms with van der Waals surface area (Å²) in [6.45, 7) is 2.07. The van der Waals surface area contributed by atoms with Gasteiger partial charge in [-0.05, 0) is 59.7 Å². The van der Waals surface area contributed by atoms with Crippen LogP contribution in [-0.2, 0) is 4.79 Å². The van der Waals surface area contributed by atoms with Gasteiger partial charge in [-0.25, -0.2) is 4.79 Å². The third kappa shape index (κ3) is 3.34. The lowest BCUT2D eigenvalue weighted by Crippen LogP contribution is -2.27. The lowest BCUT2D eigenvalue weighted by Gasteiger charge is -2.07. The molecular formula is C19H15NO5S. The minimum atomic E-state index is -1.21. The van der Waals surface area contributed by atoms with Crippen molar-refractivity contribution in [3.63, 3.8) is 0 Å². The Labute approximate surface area is 153 Å². The van der Waals surface area contributed by atoms with E-state index in [9.17, 15) is 19.5 Å². The molecule has 132 valence electrons. The van der Waals surface area contributed by atoms with Crippen LogP contribution in [0.25, 0.3) is 17.2 Å². The number of nitrogens with zero attached hydrogens (tertiary/aromatic N) is 1. The molecule has 0 unspecified atom stereocenters. The maximum absolute atomic E-state index is 12.2. The summed E-state index contributed by atoms with van der Waals surface area (Å²) in [5, 5.41) is 18.5. The lowest BCUT2D eigenvalue weighted by molar-refractivity contribution is -0.122. The largest absolute Gasteiger partial charge is 0.507 e. The number of hydrogen-bond acceptors (Lipinski definition) is 5. The number of rotatable bonds is 4. The fourth-order valence-electron chi connectivity index (χ4n) is 2.62. The molecule has 0 saturated carbocycles. The molecule has 0 aromatic heterocycles. The number of aromatic carboxylic acids is 1. The van der Waals surface area contributed by atoms with Crippen LogP contribution in [0, 0.1) is 0 Å². The Balaban J connectivity index is 1.96. The van der Waals surface area contributed by atoms with Gasteiger partial charge in [0.25, 0.3) is 11.1 Å². The topological polar surface area (TPSA) is 94.9 Å². The van der Waals surface area contributed by atoms with E-state index < -0.39 is 5.97 Å². The smallest absolute Gasteiger partial charge is 0.339 e. The van der Waals surface area contributed by atoms with Gasteiger partial charge < -0.3 is 10.2 Å². The van der Waals surface area contributed by atoms with Crippen LogP contribution in [0.1, 0.15) is 22.8 Å². The standard InChI is InChI=1S/C19H15NO5S/c1-2-20-17(22)16(26-19(20)25)9-11-4-3-5-12(8-11)13-6-7-15(21)14(10-13)18(23)24/h3-10,21H,2H2,1H3,(H,23,24)/b16-9-. The molecule has 0 atom stereocenters. The van der Waals surface area contributed by atoms with Crippen molar-refractivity contribution < 1.29 is 24.6 Å². The quantitative estimate of drug-likeness (QED) is 0.796. The van der Waals surface area contributed by atoms with Crippen molar-refractivity contribution in [2.75, 3.05) is 6.54 Å². The second-order valence-electron chi connectivity index (χ2n) is 5.59. The van der Waals surface area contributed by atoms with Crippen molar-refractivity contribution in [2.45, 2.75) is 6.92 Å². The highest BCUT2D eigenvalue weighted by Crippen LogP contribution is 2.33. The Morgan fingerprint density at radius 1 is 1.15 bits per heavy atom. The number of benzene rings is 2. The summed E-state index contributed by atoms with van der Waals surface area (Å²) in [7, 11) is 0. The molecule has 6 nitrogen and oxygen atoms in total. The van der Waals surface area contributed by atoms with Crippen molar-refractivity contribution in [1.29, 1.82) is 0 Å². The third-order valence-electron chi connectivity index (χ3n) is 3.93. The van der Waals surface area contributed by atoms with Crippen molar-refractivity contribution in [1.82, 2.24) is 4.90 Å². The summed E-state index contributed by atoms with van der Waals surface area (Å²) < 4.78 is 0. The first-order valence-electron chi connectivity index (χ1n) is 7.83. The highest BCUT2D eigenvalue weighted by molar-refractivity contribution is 8.18. The maximum Gasteiger partial charge on any atom is 0.339 e. The van der Waals surface area contributed by atoms with Gasteiger partial charge >= 0.3 is 5.97 Å². The van der Waals surface area contributed by atoms with Gasteiger partial charge in [-0.2, -0.15) is 0 Å². The maximum atomic E-state index is 12.2. The molecule has 1 heterocycles. The molecule has 1 aliphatic rings. The monoisotopic (exact) mass is 369 g/mol. The van der Waals surface area contributed by atoms with Crippen molar-refractivity contribution in [3.05, 3.63) is 58.5 Å². The van der Waals surface area contributed by atoms with Crippen LogP contribution in [-0.4, -0.2) is 38.8 Å². The summed E-state index contributed by atoms with van der Waals surface area (Å²) in [5.41, 5.74) is 1.89. The van der Waals surface area contributed by atoms with Crippen molar-refractivity contribution in [2.24, 2.45) is 0 Å². The van der Waals surface area contributed by atoms with Crippen LogP contribution >= 0.6 is 11.8 Å². The van der Waals surface area contributed by atoms with E-state index >= 15 is 0 Å². The molecule has 2 aromatic carbocycles. The number of carbonyl (C=O) groups excluding carboxylic acids is 2. The minimum absolute atomic E-state index is 0.183. The molecule has 7 heteroatoms. The van der Waals surface area contributed by atoms with Crippen LogP contribution in [0.4, 0.5) is 4.79 Å². The molecule has 2 aromatic rings. The number of carboxylic acids is 1. The molecule has 0 radical (unpaired) electrons. The highest BCUT2D eigenvalue weighted by Gasteiger charge is 2.33. The second kappa shape index (κ2) is 7.05. The number of likely N-dealkylation sites (N-methyl/N-ethyl adjacent to an activating group) is 1. The molecule has 1 fully saturated rings. The van der Waals surface area contributed by atoms with E-state index in [1.807, 2.05) is 0 Å². The van der Waals surface area contributed by atoms with Gasteiger partial charge in [-0.15, -0.1) is 0 Å². The molecule has 0 spiro atoms. The molecule has 1 aliphatic heterocycles. The van der Waals surface area contributed by atoms with Gasteiger partial charge in [0.05, 0.1) is 4.91 Å². The average Bonchev–Trinajstić information content (AvgIpc) is 2.88. The predicted molar refractivity (Wildman–Crippen MR) is 98.9 cm³/mol. The van der Waals surface area contributed by atoms with Crippen molar-refractivity contribution in [3.8, 4) is 16.9 Å². The van der Waals surface area contributed by atoms with Gasteiger partial charge in [0, 0.05) is 6.54 Å². The number of thioether (sulfide) groups is 1. The summed E-state index contributed by atoms with van der Waals surface area (Å²) >= 11 is 0.899. The Kier molecular flexibility index (Phi) is 4.81. The first-order valence-corrected chi connectivity index (χ1v) is 8.64. The van der Waals surface area contributed by atoms with Gasteiger partial charge in [0.2, 0.25) is 0 Å². The number of hydrogen-bond donors (Lipinski definition) is 2. The Bertz CT molecular complexity index is 951. The number of amides is 2. The van der Waals surface area contributed by atoms with Crippen molar-refractivity contribution >= 4 is 35.0 Å². The fraction of sp³-hybridized carbons (Fsp3) is 0.105. The van der Waals surface area contributed by atoms with Crippen LogP contribution < -0.4 is 0 Å². The van der Waals surface area contributed by atoms with E-state index in [4.69, 9.17) is 5.11 Å². The third-order valence-corrected chi connectivity index (χ3v) is 4.84. The van der Waals surface area contributed by atoms with E-state index in [2.05, 4.69) is 0 Å². The number of carboxylic acid groups (broad SMARTS) is 1. The van der Waals surface area contributed by atoms with Crippen LogP contribution in [0.15, 0.2) is 47.4 Å². The SMILES string of the molecule is CCN1C(=O)S/C(=C\c2cccc(-c3ccc(O)c(C(=O)O)c3)c2)C1=O. The second-order valence-corrected chi connectivity index (χ2v) is 6.58. The molecule has 2 N–H and O–H groups in total. The van der Waals surface area contributed by atoms with Gasteiger partial charge in [0.1, 0.15) is 11.3 Å². The van der Waals surface area contributed by atoms with Gasteiger partial charge in [-0.1, -0.05) is 24.3 Å². The Hall–Kier alpha value is -3.06. The summed E-state index contributed by atoms with van der Waals surface area (Å²) in [4.78, 5) is 36.7. The van der Waals surface area contributed by atoms with E-state index in [1.165, 1.54) is 17.0 Å². The zero-order chi connectivity index (χ0) is 18.8. The number of imide groups is 1. The minimum Gasteiger partial charge on any atom is -0.507 e. The molecule has 3 rings (SSSR count). The van der Waals surface area contributed by atoms with Crippen LogP contribution in [0.2, 0.25) is 0 Å². The van der Waals surface area contributed by atoms with E-state index in [1.54, 1.807) is 43.3 Å². The summed E-state index contributed by atoms with van der Waals surface area (Å²) in [6, 6.07) is 11.5. The average molecular weight is 369 g/mol. The molecule has 0 aliphatic carbocycles. The molecule has 2 amide bonds. The van der Waals surface area contributed by atoms with E-state index in [0.29, 0.717) is 22.6 Å². The molecule has 0 bridgehead atoms. The summed E-state index contributed by atoms with van der Waals surface area (Å²) in [5.74, 6) is -1.83.